The van der Waals surface area contributed by atoms with E-state index in [0.717, 1.165) is 57.4 Å². The highest BCUT2D eigenvalue weighted by Gasteiger charge is 2.38. The first kappa shape index (κ1) is 39.3. The molecule has 0 saturated carbocycles. The summed E-state index contributed by atoms with van der Waals surface area (Å²) < 4.78 is 46.9. The van der Waals surface area contributed by atoms with Crippen LogP contribution in [0, 0.1) is 0 Å². The van der Waals surface area contributed by atoms with Gasteiger partial charge in [-0.15, -0.1) is 12.4 Å². The zero-order valence-corrected chi connectivity index (χ0v) is 29.7. The molecule has 5 rings (SSSR count). The highest BCUT2D eigenvalue weighted by atomic mass is 35.5. The van der Waals surface area contributed by atoms with Crippen LogP contribution in [0.5, 0.6) is 0 Å². The number of amides is 1. The molecule has 0 unspecified atom stereocenters. The maximum atomic E-state index is 14.1. The van der Waals surface area contributed by atoms with Gasteiger partial charge in [-0.3, -0.25) is 13.9 Å². The molecular formula is C34H46ClF3N12O. The van der Waals surface area contributed by atoms with E-state index >= 15 is 0 Å². The predicted octanol–water partition coefficient (Wildman–Crippen LogP) is 4.55. The maximum Gasteiger partial charge on any atom is 0.435 e. The van der Waals surface area contributed by atoms with Crippen molar-refractivity contribution in [1.29, 1.82) is 0 Å². The first-order valence-electron chi connectivity index (χ1n) is 16.9. The smallest absolute Gasteiger partial charge is 0.352 e. The molecule has 4 aromatic heterocycles. The van der Waals surface area contributed by atoms with E-state index in [4.69, 9.17) is 5.73 Å². The summed E-state index contributed by atoms with van der Waals surface area (Å²) in [5.74, 6) is 0.773. The van der Waals surface area contributed by atoms with Crippen molar-refractivity contribution in [3.8, 4) is 11.3 Å². The second kappa shape index (κ2) is 18.6. The molecular weight excluding hydrogens is 685 g/mol. The lowest BCUT2D eigenvalue weighted by atomic mass is 10.0. The summed E-state index contributed by atoms with van der Waals surface area (Å²) in [5, 5.41) is 16.9. The third kappa shape index (κ3) is 10.3. The number of nitrogens with one attached hydrogen (secondary N) is 4. The largest absolute Gasteiger partial charge is 0.435 e. The molecule has 6 N–H and O–H groups in total. The van der Waals surface area contributed by atoms with E-state index in [0.29, 0.717) is 48.1 Å². The minimum atomic E-state index is -4.69. The summed E-state index contributed by atoms with van der Waals surface area (Å²) in [4.78, 5) is 26.0. The number of alkyl halides is 3. The third-order valence-corrected chi connectivity index (χ3v) is 8.28. The fourth-order valence-electron chi connectivity index (χ4n) is 5.61. The van der Waals surface area contributed by atoms with Crippen molar-refractivity contribution in [2.45, 2.75) is 51.7 Å². The molecule has 0 fully saturated rings. The number of hydrogen-bond donors (Lipinski definition) is 5. The molecule has 276 valence electrons. The number of aryl methyl sites for hydroxylation is 2. The third-order valence-electron chi connectivity index (χ3n) is 8.28. The first-order chi connectivity index (χ1) is 24.2. The number of carbonyl (C=O) groups is 1. The van der Waals surface area contributed by atoms with Gasteiger partial charge in [0.25, 0.3) is 5.91 Å². The molecule has 1 aromatic carbocycles. The molecule has 17 heteroatoms. The Hall–Kier alpha value is -4.51. The summed E-state index contributed by atoms with van der Waals surface area (Å²) in [6.07, 6.45) is 9.02. The second-order valence-electron chi connectivity index (χ2n) is 12.0. The van der Waals surface area contributed by atoms with E-state index < -0.39 is 11.9 Å². The van der Waals surface area contributed by atoms with Gasteiger partial charge in [-0.2, -0.15) is 18.3 Å². The van der Waals surface area contributed by atoms with E-state index in [1.807, 2.05) is 13.0 Å². The van der Waals surface area contributed by atoms with Crippen LogP contribution >= 0.6 is 12.4 Å². The average molecular weight is 731 g/mol. The van der Waals surface area contributed by atoms with Gasteiger partial charge in [0.15, 0.2) is 17.2 Å². The fourth-order valence-corrected chi connectivity index (χ4v) is 5.61. The number of carbonyl (C=O) groups excluding carboxylic acids is 1. The van der Waals surface area contributed by atoms with Crippen molar-refractivity contribution in [2.24, 2.45) is 12.8 Å². The minimum Gasteiger partial charge on any atom is -0.352 e. The van der Waals surface area contributed by atoms with E-state index in [9.17, 15) is 18.0 Å². The summed E-state index contributed by atoms with van der Waals surface area (Å²) in [5.41, 5.74) is 7.01. The molecule has 4 heterocycles. The summed E-state index contributed by atoms with van der Waals surface area (Å²) in [6.45, 7) is 7.03. The molecule has 0 saturated heterocycles. The molecule has 0 atom stereocenters. The van der Waals surface area contributed by atoms with Crippen LogP contribution in [0.3, 0.4) is 0 Å². The van der Waals surface area contributed by atoms with Crippen LogP contribution in [-0.4, -0.2) is 78.9 Å². The highest BCUT2D eigenvalue weighted by Crippen LogP contribution is 2.37. The number of imidazole rings is 2. The Balaban J connectivity index is 0.00000583. The lowest BCUT2D eigenvalue weighted by Gasteiger charge is -2.13. The monoisotopic (exact) mass is 730 g/mol. The van der Waals surface area contributed by atoms with Crippen molar-refractivity contribution >= 4 is 35.5 Å². The van der Waals surface area contributed by atoms with Crippen LogP contribution in [-0.2, 0) is 26.2 Å². The molecule has 0 aliphatic rings. The lowest BCUT2D eigenvalue weighted by Crippen LogP contribution is -2.28. The summed E-state index contributed by atoms with van der Waals surface area (Å²) in [7, 11) is 1.77. The number of aromatic nitrogens is 7. The van der Waals surface area contributed by atoms with Crippen molar-refractivity contribution in [3.63, 3.8) is 0 Å². The quantitative estimate of drug-likeness (QED) is 0.0770. The van der Waals surface area contributed by atoms with Crippen molar-refractivity contribution < 1.29 is 18.0 Å². The molecule has 0 spiro atoms. The van der Waals surface area contributed by atoms with Gasteiger partial charge in [0, 0.05) is 55.8 Å². The standard InChI is InChI=1S/C34H45F3N12O.ClH/c1-3-24-20-25(8-9-26(24)33(50)43-15-7-14-40-12-5-4-11-39-13-6-10-38)45-31-32-44-21-28(49(32)19-17-42-31)27-22-48(46-30(27)34(35,36)37)23-29-41-16-18-47(29)2;/h8-9,16-22,39-40H,3-7,10-15,23,38H2,1-2H3,(H,42,45)(H,43,50);1H. The Kier molecular flexibility index (Phi) is 14.4. The highest BCUT2D eigenvalue weighted by molar-refractivity contribution is 5.96. The number of anilines is 2. The van der Waals surface area contributed by atoms with Crippen LogP contribution in [0.15, 0.2) is 55.4 Å². The normalized spacial score (nSPS) is 11.6. The van der Waals surface area contributed by atoms with Gasteiger partial charge < -0.3 is 31.6 Å². The van der Waals surface area contributed by atoms with Gasteiger partial charge in [0.1, 0.15) is 5.82 Å². The molecule has 0 aliphatic carbocycles. The number of halogens is 4. The Labute approximate surface area is 301 Å². The van der Waals surface area contributed by atoms with Gasteiger partial charge in [-0.25, -0.2) is 15.0 Å². The predicted molar refractivity (Wildman–Crippen MR) is 193 cm³/mol. The number of fused-ring (bicyclic) bond motifs is 1. The Morgan fingerprint density at radius 1 is 0.941 bits per heavy atom. The average Bonchev–Trinajstić information content (AvgIpc) is 3.84. The Morgan fingerprint density at radius 3 is 2.35 bits per heavy atom. The number of rotatable bonds is 19. The molecule has 0 radical (unpaired) electrons. The van der Waals surface area contributed by atoms with Gasteiger partial charge in [-0.1, -0.05) is 6.92 Å². The van der Waals surface area contributed by atoms with E-state index in [1.165, 1.54) is 23.3 Å². The number of nitrogens with two attached hydrogens (primary N) is 1. The topological polar surface area (TPSA) is 157 Å². The number of hydrogen-bond acceptors (Lipinski definition) is 9. The number of benzene rings is 1. The second-order valence-corrected chi connectivity index (χ2v) is 12.0. The van der Waals surface area contributed by atoms with Crippen LogP contribution in [0.2, 0.25) is 0 Å². The van der Waals surface area contributed by atoms with Crippen molar-refractivity contribution in [2.75, 3.05) is 44.6 Å². The first-order valence-corrected chi connectivity index (χ1v) is 16.9. The van der Waals surface area contributed by atoms with Crippen molar-refractivity contribution in [1.82, 2.24) is 49.7 Å². The van der Waals surface area contributed by atoms with E-state index in [2.05, 4.69) is 41.3 Å². The Morgan fingerprint density at radius 2 is 1.67 bits per heavy atom. The van der Waals surface area contributed by atoms with Gasteiger partial charge >= 0.3 is 6.18 Å². The Bertz CT molecular complexity index is 1850. The summed E-state index contributed by atoms with van der Waals surface area (Å²) in [6, 6.07) is 5.41. The molecule has 13 nitrogen and oxygen atoms in total. The number of unbranched alkanes of at least 4 members (excludes halogenated alkanes) is 1. The van der Waals surface area contributed by atoms with Crippen LogP contribution in [0.4, 0.5) is 24.7 Å². The van der Waals surface area contributed by atoms with Gasteiger partial charge in [-0.05, 0) is 88.6 Å². The number of nitrogens with zero attached hydrogens (tertiary/aromatic N) is 7. The van der Waals surface area contributed by atoms with E-state index in [-0.39, 0.29) is 36.1 Å². The molecule has 51 heavy (non-hydrogen) atoms. The molecule has 0 aliphatic heterocycles. The van der Waals surface area contributed by atoms with Crippen LogP contribution < -0.4 is 27.0 Å². The molecule has 5 aromatic rings. The lowest BCUT2D eigenvalue weighted by molar-refractivity contribution is -0.141. The summed E-state index contributed by atoms with van der Waals surface area (Å²) >= 11 is 0. The fraction of sp³-hybridized carbons (Fsp3) is 0.441. The minimum absolute atomic E-state index is 0. The molecule has 0 bridgehead atoms. The SMILES string of the molecule is CCc1cc(Nc2nccn3c(-c4cn(Cc5nccn5C)nc4C(F)(F)F)cnc23)ccc1C(=O)NCCCNCCCCNCCCN.Cl. The zero-order valence-electron chi connectivity index (χ0n) is 28.8. The molecule has 1 amide bonds. The van der Waals surface area contributed by atoms with E-state index in [1.54, 1.807) is 46.7 Å². The zero-order chi connectivity index (χ0) is 35.5. The van der Waals surface area contributed by atoms with Gasteiger partial charge in [0.2, 0.25) is 0 Å². The van der Waals surface area contributed by atoms with Crippen molar-refractivity contribution in [3.05, 3.63) is 78.0 Å². The van der Waals surface area contributed by atoms with Gasteiger partial charge in [0.05, 0.1) is 24.0 Å². The van der Waals surface area contributed by atoms with Crippen LogP contribution in [0.25, 0.3) is 16.9 Å². The van der Waals surface area contributed by atoms with Crippen LogP contribution in [0.1, 0.15) is 60.0 Å². The maximum absolute atomic E-state index is 14.1.